The lowest BCUT2D eigenvalue weighted by Gasteiger charge is -2.09. The number of hydrogen-bond acceptors (Lipinski definition) is 3. The van der Waals surface area contributed by atoms with Crippen molar-refractivity contribution in [1.29, 1.82) is 0 Å². The van der Waals surface area contributed by atoms with E-state index in [-0.39, 0.29) is 11.5 Å². The molecule has 0 unspecified atom stereocenters. The smallest absolute Gasteiger partial charge is 0.309 e. The third kappa shape index (κ3) is 5.63. The van der Waals surface area contributed by atoms with Crippen LogP contribution in [0.15, 0.2) is 0 Å². The normalized spacial score (nSPS) is 15.5. The number of thiocarbonyl (C=S) groups is 1. The van der Waals surface area contributed by atoms with Gasteiger partial charge in [-0.1, -0.05) is 37.9 Å². The van der Waals surface area contributed by atoms with Crippen LogP contribution in [0.25, 0.3) is 0 Å². The predicted molar refractivity (Wildman–Crippen MR) is 69.4 cm³/mol. The van der Waals surface area contributed by atoms with Crippen LogP contribution in [0, 0.1) is 5.92 Å². The van der Waals surface area contributed by atoms with Gasteiger partial charge in [0.25, 0.3) is 0 Å². The van der Waals surface area contributed by atoms with Gasteiger partial charge in [0.2, 0.25) is 0 Å². The van der Waals surface area contributed by atoms with Crippen LogP contribution in [0.5, 0.6) is 0 Å². The Morgan fingerprint density at radius 3 is 2.35 bits per heavy atom. The third-order valence-electron chi connectivity index (χ3n) is 2.94. The van der Waals surface area contributed by atoms with Crippen molar-refractivity contribution in [3.8, 4) is 0 Å². The average Bonchev–Trinajstić information content (AvgIpc) is 2.78. The lowest BCUT2D eigenvalue weighted by molar-refractivity contribution is -0.139. The van der Waals surface area contributed by atoms with Gasteiger partial charge in [0.1, 0.15) is 0 Å². The lowest BCUT2D eigenvalue weighted by atomic mass is 10.0. The Kier molecular flexibility index (Phi) is 5.90. The van der Waals surface area contributed by atoms with Crippen molar-refractivity contribution in [1.82, 2.24) is 10.6 Å². The summed E-state index contributed by atoms with van der Waals surface area (Å²) in [5.41, 5.74) is 5.21. The van der Waals surface area contributed by atoms with Crippen molar-refractivity contribution in [3.05, 3.63) is 0 Å². The van der Waals surface area contributed by atoms with Crippen molar-refractivity contribution >= 4 is 29.0 Å². The van der Waals surface area contributed by atoms with Crippen LogP contribution in [0.1, 0.15) is 32.1 Å². The molecule has 0 aromatic rings. The van der Waals surface area contributed by atoms with E-state index >= 15 is 0 Å². The highest BCUT2D eigenvalue weighted by molar-refractivity contribution is 7.80. The van der Waals surface area contributed by atoms with Gasteiger partial charge in [-0.15, -0.1) is 0 Å². The summed E-state index contributed by atoms with van der Waals surface area (Å²) < 4.78 is 0. The third-order valence-corrected chi connectivity index (χ3v) is 3.09. The minimum absolute atomic E-state index is 0.0597. The van der Waals surface area contributed by atoms with Gasteiger partial charge >= 0.3 is 11.8 Å². The first-order valence-electron chi connectivity index (χ1n) is 5.94. The summed E-state index contributed by atoms with van der Waals surface area (Å²) >= 11 is 4.59. The SMILES string of the molecule is NC(=S)CNC(=O)C(=O)NCCC1CCCC1. The van der Waals surface area contributed by atoms with Crippen LogP contribution >= 0.6 is 12.2 Å². The van der Waals surface area contributed by atoms with Crippen molar-refractivity contribution in [2.45, 2.75) is 32.1 Å². The van der Waals surface area contributed by atoms with Crippen LogP contribution in [-0.2, 0) is 9.59 Å². The fourth-order valence-corrected chi connectivity index (χ4v) is 2.09. The molecule has 4 N–H and O–H groups in total. The van der Waals surface area contributed by atoms with E-state index in [0.717, 1.165) is 6.42 Å². The van der Waals surface area contributed by atoms with E-state index in [9.17, 15) is 9.59 Å². The molecule has 1 fully saturated rings. The highest BCUT2D eigenvalue weighted by Gasteiger charge is 2.16. The van der Waals surface area contributed by atoms with E-state index in [1.165, 1.54) is 25.7 Å². The van der Waals surface area contributed by atoms with Crippen molar-refractivity contribution in [3.63, 3.8) is 0 Å². The maximum Gasteiger partial charge on any atom is 0.309 e. The molecule has 0 atom stereocenters. The monoisotopic (exact) mass is 257 g/mol. The Balaban J connectivity index is 2.10. The zero-order chi connectivity index (χ0) is 12.7. The van der Waals surface area contributed by atoms with Gasteiger partial charge in [0.15, 0.2) is 0 Å². The zero-order valence-electron chi connectivity index (χ0n) is 9.83. The van der Waals surface area contributed by atoms with Gasteiger partial charge in [-0.2, -0.15) is 0 Å². The minimum Gasteiger partial charge on any atom is -0.392 e. The molecule has 0 heterocycles. The van der Waals surface area contributed by atoms with Crippen molar-refractivity contribution < 1.29 is 9.59 Å². The quantitative estimate of drug-likeness (QED) is 0.481. The number of amides is 2. The number of nitrogens with two attached hydrogens (primary N) is 1. The molecule has 17 heavy (non-hydrogen) atoms. The molecule has 96 valence electrons. The second-order valence-corrected chi connectivity index (χ2v) is 4.87. The first kappa shape index (κ1) is 13.9. The minimum atomic E-state index is -0.677. The summed E-state index contributed by atoms with van der Waals surface area (Å²) in [7, 11) is 0. The fraction of sp³-hybridized carbons (Fsp3) is 0.727. The van der Waals surface area contributed by atoms with E-state index in [2.05, 4.69) is 22.9 Å². The number of rotatable bonds is 5. The molecular weight excluding hydrogens is 238 g/mol. The number of nitrogens with one attached hydrogen (secondary N) is 2. The van der Waals surface area contributed by atoms with Gasteiger partial charge < -0.3 is 16.4 Å². The first-order valence-corrected chi connectivity index (χ1v) is 6.34. The van der Waals surface area contributed by atoms with Gasteiger partial charge in [0, 0.05) is 6.54 Å². The lowest BCUT2D eigenvalue weighted by Crippen LogP contribution is -2.43. The molecule has 0 aliphatic heterocycles. The second-order valence-electron chi connectivity index (χ2n) is 4.34. The largest absolute Gasteiger partial charge is 0.392 e. The summed E-state index contributed by atoms with van der Waals surface area (Å²) in [5, 5.41) is 4.94. The van der Waals surface area contributed by atoms with Crippen LogP contribution in [0.4, 0.5) is 0 Å². The molecule has 1 saturated carbocycles. The van der Waals surface area contributed by atoms with Crippen LogP contribution < -0.4 is 16.4 Å². The molecule has 1 aliphatic rings. The van der Waals surface area contributed by atoms with Crippen molar-refractivity contribution in [2.75, 3.05) is 13.1 Å². The molecular formula is C11H19N3O2S. The number of carbonyl (C=O) groups excluding carboxylic acids is 2. The summed E-state index contributed by atoms with van der Waals surface area (Å²) in [6.45, 7) is 0.619. The number of hydrogen-bond donors (Lipinski definition) is 3. The van der Waals surface area contributed by atoms with Gasteiger partial charge in [0.05, 0.1) is 11.5 Å². The van der Waals surface area contributed by atoms with E-state index in [1.54, 1.807) is 0 Å². The average molecular weight is 257 g/mol. The van der Waals surface area contributed by atoms with Crippen LogP contribution in [0.3, 0.4) is 0 Å². The predicted octanol–water partition coefficient (Wildman–Crippen LogP) is 0.0852. The molecule has 0 saturated heterocycles. The van der Waals surface area contributed by atoms with Crippen molar-refractivity contribution in [2.24, 2.45) is 11.7 Å². The first-order chi connectivity index (χ1) is 8.09. The Bertz CT molecular complexity index is 301. The Hall–Kier alpha value is -1.17. The number of carbonyl (C=O) groups is 2. The Morgan fingerprint density at radius 2 is 1.76 bits per heavy atom. The molecule has 0 bridgehead atoms. The van der Waals surface area contributed by atoms with Crippen LogP contribution in [-0.4, -0.2) is 29.9 Å². The molecule has 0 radical (unpaired) electrons. The molecule has 0 aromatic carbocycles. The van der Waals surface area contributed by atoms with Gasteiger partial charge in [-0.3, -0.25) is 9.59 Å². The summed E-state index contributed by atoms with van der Waals surface area (Å²) in [4.78, 5) is 22.7. The molecule has 0 aromatic heterocycles. The molecule has 2 amide bonds. The molecule has 5 nitrogen and oxygen atoms in total. The fourth-order valence-electron chi connectivity index (χ4n) is 2.02. The molecule has 6 heteroatoms. The second kappa shape index (κ2) is 7.21. The topological polar surface area (TPSA) is 84.2 Å². The van der Waals surface area contributed by atoms with Gasteiger partial charge in [-0.05, 0) is 12.3 Å². The van der Waals surface area contributed by atoms with Crippen LogP contribution in [0.2, 0.25) is 0 Å². The summed E-state index contributed by atoms with van der Waals surface area (Å²) in [6.07, 6.45) is 6.00. The summed E-state index contributed by atoms with van der Waals surface area (Å²) in [6, 6.07) is 0. The van der Waals surface area contributed by atoms with E-state index in [4.69, 9.17) is 5.73 Å². The highest BCUT2D eigenvalue weighted by atomic mass is 32.1. The Morgan fingerprint density at radius 1 is 1.18 bits per heavy atom. The molecule has 1 rings (SSSR count). The van der Waals surface area contributed by atoms with E-state index < -0.39 is 11.8 Å². The Labute approximate surface area is 107 Å². The standard InChI is InChI=1S/C11H19N3O2S/c12-9(17)7-14-11(16)10(15)13-6-5-8-3-1-2-4-8/h8H,1-7H2,(H2,12,17)(H,13,15)(H,14,16). The maximum absolute atomic E-state index is 11.3. The van der Waals surface area contributed by atoms with E-state index in [0.29, 0.717) is 12.5 Å². The highest BCUT2D eigenvalue weighted by Crippen LogP contribution is 2.26. The maximum atomic E-state index is 11.3. The zero-order valence-corrected chi connectivity index (χ0v) is 10.6. The summed E-state index contributed by atoms with van der Waals surface area (Å²) in [5.74, 6) is -0.585. The van der Waals surface area contributed by atoms with Gasteiger partial charge in [-0.25, -0.2) is 0 Å². The van der Waals surface area contributed by atoms with E-state index in [1.807, 2.05) is 0 Å². The molecule has 1 aliphatic carbocycles. The molecule has 0 spiro atoms.